The van der Waals surface area contributed by atoms with Crippen molar-refractivity contribution in [3.63, 3.8) is 0 Å². The second-order valence-electron chi connectivity index (χ2n) is 9.54. The molecule has 1 aliphatic rings. The van der Waals surface area contributed by atoms with Crippen LogP contribution >= 0.6 is 0 Å². The van der Waals surface area contributed by atoms with Crippen LogP contribution in [0.3, 0.4) is 0 Å². The molecule has 0 aromatic rings. The summed E-state index contributed by atoms with van der Waals surface area (Å²) < 4.78 is 4.64. The fourth-order valence-electron chi connectivity index (χ4n) is 4.79. The van der Waals surface area contributed by atoms with Crippen LogP contribution in [-0.4, -0.2) is 11.9 Å². The monoisotopic (exact) mass is 394 g/mol. The van der Waals surface area contributed by atoms with E-state index in [1.54, 1.807) is 0 Å². The smallest absolute Gasteiger partial charge is 0.317 e. The van der Waals surface area contributed by atoms with Gasteiger partial charge in [0.1, 0.15) is 0 Å². The lowest BCUT2D eigenvalue weighted by molar-refractivity contribution is -0.153. The van der Waals surface area contributed by atoms with E-state index in [-0.39, 0.29) is 24.3 Å². The van der Waals surface area contributed by atoms with Crippen LogP contribution in [0.5, 0.6) is 0 Å². The van der Waals surface area contributed by atoms with Crippen LogP contribution in [0.4, 0.5) is 0 Å². The van der Waals surface area contributed by atoms with Crippen LogP contribution < -0.4 is 0 Å². The van der Waals surface area contributed by atoms with Crippen molar-refractivity contribution in [2.75, 3.05) is 0 Å². The van der Waals surface area contributed by atoms with Gasteiger partial charge in [-0.05, 0) is 68.6 Å². The van der Waals surface area contributed by atoms with E-state index in [0.717, 1.165) is 17.8 Å². The van der Waals surface area contributed by atoms with E-state index in [4.69, 9.17) is 0 Å². The number of hydrogen-bond acceptors (Lipinski definition) is 3. The molecule has 3 nitrogen and oxygen atoms in total. The van der Waals surface area contributed by atoms with Crippen LogP contribution in [0, 0.1) is 35.5 Å². The lowest BCUT2D eigenvalue weighted by atomic mass is 9.83. The van der Waals surface area contributed by atoms with Crippen molar-refractivity contribution >= 4 is 11.9 Å². The standard InChI is InChI=1S/C23H40O3.C2H6/c1-15(2)8-16(3)9-17(4)10-18(5)11-19(6)12-20(7)13-21-14-22(24)26-23(21)25;1-2/h12,15-19,21H,8-11,13-14H2,1-7H3;1-2H3/b20-12+;. The van der Waals surface area contributed by atoms with Gasteiger partial charge >= 0.3 is 11.9 Å². The molecular weight excluding hydrogens is 348 g/mol. The fraction of sp³-hybridized carbons (Fsp3) is 0.840. The lowest BCUT2D eigenvalue weighted by Crippen LogP contribution is -2.11. The van der Waals surface area contributed by atoms with Crippen molar-refractivity contribution < 1.29 is 14.3 Å². The van der Waals surface area contributed by atoms with Gasteiger partial charge in [0, 0.05) is 0 Å². The highest BCUT2D eigenvalue weighted by Gasteiger charge is 2.33. The third kappa shape index (κ3) is 11.7. The fourth-order valence-corrected chi connectivity index (χ4v) is 4.79. The van der Waals surface area contributed by atoms with Crippen LogP contribution in [0.2, 0.25) is 0 Å². The van der Waals surface area contributed by atoms with E-state index < -0.39 is 0 Å². The van der Waals surface area contributed by atoms with E-state index in [1.165, 1.54) is 31.3 Å². The number of carbonyl (C=O) groups is 2. The second-order valence-corrected chi connectivity index (χ2v) is 9.54. The van der Waals surface area contributed by atoms with E-state index >= 15 is 0 Å². The van der Waals surface area contributed by atoms with Crippen LogP contribution in [-0.2, 0) is 14.3 Å². The maximum Gasteiger partial charge on any atom is 0.317 e. The number of ether oxygens (including phenoxy) is 1. The van der Waals surface area contributed by atoms with Gasteiger partial charge in [0.25, 0.3) is 0 Å². The number of cyclic esters (lactones) is 2. The average Bonchev–Trinajstić information content (AvgIpc) is 2.84. The summed E-state index contributed by atoms with van der Waals surface area (Å²) in [5.74, 6) is 2.57. The van der Waals surface area contributed by atoms with Gasteiger partial charge < -0.3 is 4.74 Å². The van der Waals surface area contributed by atoms with Gasteiger partial charge in [-0.3, -0.25) is 9.59 Å². The number of carbonyl (C=O) groups excluding carboxylic acids is 2. The molecule has 0 bridgehead atoms. The van der Waals surface area contributed by atoms with Crippen molar-refractivity contribution in [1.29, 1.82) is 0 Å². The van der Waals surface area contributed by atoms with Crippen LogP contribution in [0.15, 0.2) is 11.6 Å². The maximum absolute atomic E-state index is 11.6. The SMILES string of the molecule is C/C(=C\C(C)CC(C)CC(C)CC(C)CC(C)C)CC1CC(=O)OC1=O.CC. The minimum absolute atomic E-state index is 0.237. The topological polar surface area (TPSA) is 43.4 Å². The van der Waals surface area contributed by atoms with Gasteiger partial charge in [0.2, 0.25) is 0 Å². The molecule has 0 radical (unpaired) electrons. The Kier molecular flexibility index (Phi) is 13.4. The molecule has 1 heterocycles. The number of rotatable bonds is 11. The molecule has 1 fully saturated rings. The summed E-state index contributed by atoms with van der Waals surface area (Å²) in [5.41, 5.74) is 1.19. The summed E-state index contributed by atoms with van der Waals surface area (Å²) in [6, 6.07) is 0. The Morgan fingerprint density at radius 1 is 0.929 bits per heavy atom. The van der Waals surface area contributed by atoms with Crippen LogP contribution in [0.25, 0.3) is 0 Å². The van der Waals surface area contributed by atoms with Crippen molar-refractivity contribution in [2.24, 2.45) is 35.5 Å². The first kappa shape index (κ1) is 26.9. The molecule has 1 aliphatic heterocycles. The Hall–Kier alpha value is -1.12. The predicted octanol–water partition coefficient (Wildman–Crippen LogP) is 7.20. The van der Waals surface area contributed by atoms with Gasteiger partial charge in [0.05, 0.1) is 12.3 Å². The maximum atomic E-state index is 11.6. The number of esters is 2. The van der Waals surface area contributed by atoms with Gasteiger partial charge in [-0.2, -0.15) is 0 Å². The average molecular weight is 395 g/mol. The summed E-state index contributed by atoms with van der Waals surface area (Å²) in [5, 5.41) is 0. The van der Waals surface area contributed by atoms with E-state index in [9.17, 15) is 9.59 Å². The van der Waals surface area contributed by atoms with E-state index in [1.807, 2.05) is 13.8 Å². The molecule has 5 unspecified atom stereocenters. The van der Waals surface area contributed by atoms with E-state index in [2.05, 4.69) is 59.3 Å². The summed E-state index contributed by atoms with van der Waals surface area (Å²) in [4.78, 5) is 22.8. The molecule has 1 saturated heterocycles. The third-order valence-electron chi connectivity index (χ3n) is 5.36. The summed E-state index contributed by atoms with van der Waals surface area (Å²) >= 11 is 0. The molecule has 164 valence electrons. The quantitative estimate of drug-likeness (QED) is 0.211. The van der Waals surface area contributed by atoms with Crippen molar-refractivity contribution in [3.8, 4) is 0 Å². The zero-order chi connectivity index (χ0) is 21.9. The largest absolute Gasteiger partial charge is 0.393 e. The minimum atomic E-state index is -0.379. The highest BCUT2D eigenvalue weighted by atomic mass is 16.6. The first-order valence-electron chi connectivity index (χ1n) is 11.5. The Bertz CT molecular complexity index is 492. The van der Waals surface area contributed by atoms with Crippen molar-refractivity contribution in [2.45, 2.75) is 101 Å². The molecule has 3 heteroatoms. The Balaban J connectivity index is 0.00000352. The zero-order valence-corrected chi connectivity index (χ0v) is 20.0. The molecule has 0 N–H and O–H groups in total. The molecular formula is C25H46O3. The Morgan fingerprint density at radius 3 is 1.89 bits per heavy atom. The molecule has 0 aliphatic carbocycles. The molecule has 0 aromatic carbocycles. The molecule has 1 rings (SSSR count). The summed E-state index contributed by atoms with van der Waals surface area (Å²) in [6.07, 6.45) is 8.26. The van der Waals surface area contributed by atoms with Crippen molar-refractivity contribution in [3.05, 3.63) is 11.6 Å². The number of hydrogen-bond donors (Lipinski definition) is 0. The Labute approximate surface area is 174 Å². The summed E-state index contributed by atoms with van der Waals surface area (Å²) in [6.45, 7) is 20.1. The van der Waals surface area contributed by atoms with Crippen molar-refractivity contribution in [1.82, 2.24) is 0 Å². The predicted molar refractivity (Wildman–Crippen MR) is 119 cm³/mol. The highest BCUT2D eigenvalue weighted by Crippen LogP contribution is 2.28. The Morgan fingerprint density at radius 2 is 1.43 bits per heavy atom. The minimum Gasteiger partial charge on any atom is -0.393 e. The zero-order valence-electron chi connectivity index (χ0n) is 20.0. The molecule has 0 aromatic heterocycles. The van der Waals surface area contributed by atoms with Crippen LogP contribution in [0.1, 0.15) is 101 Å². The second kappa shape index (κ2) is 14.0. The third-order valence-corrected chi connectivity index (χ3v) is 5.36. The molecule has 28 heavy (non-hydrogen) atoms. The highest BCUT2D eigenvalue weighted by molar-refractivity contribution is 5.94. The first-order chi connectivity index (χ1) is 13.1. The molecule has 0 spiro atoms. The van der Waals surface area contributed by atoms with Gasteiger partial charge in [-0.25, -0.2) is 0 Å². The molecule has 0 saturated carbocycles. The lowest BCUT2D eigenvalue weighted by Gasteiger charge is -2.23. The van der Waals surface area contributed by atoms with Gasteiger partial charge in [-0.15, -0.1) is 0 Å². The normalized spacial score (nSPS) is 21.6. The first-order valence-corrected chi connectivity index (χ1v) is 11.5. The van der Waals surface area contributed by atoms with Gasteiger partial charge in [0.15, 0.2) is 0 Å². The molecule has 5 atom stereocenters. The molecule has 0 amide bonds. The number of allylic oxidation sites excluding steroid dienone is 2. The summed E-state index contributed by atoms with van der Waals surface area (Å²) in [7, 11) is 0. The van der Waals surface area contributed by atoms with Gasteiger partial charge in [-0.1, -0.05) is 67.0 Å². The van der Waals surface area contributed by atoms with E-state index in [0.29, 0.717) is 18.3 Å².